The number of para-hydroxylation sites is 2. The first-order valence-corrected chi connectivity index (χ1v) is 12.0. The van der Waals surface area contributed by atoms with E-state index in [-0.39, 0.29) is 0 Å². The summed E-state index contributed by atoms with van der Waals surface area (Å²) in [6.45, 7) is 5.92. The molecule has 0 unspecified atom stereocenters. The van der Waals surface area contributed by atoms with E-state index < -0.39 is 0 Å². The Balaban J connectivity index is 1.25. The number of carbonyl (C=O) groups excluding carboxylic acids is 1. The van der Waals surface area contributed by atoms with Crippen molar-refractivity contribution in [3.63, 3.8) is 0 Å². The summed E-state index contributed by atoms with van der Waals surface area (Å²) < 4.78 is 5.54. The number of likely N-dealkylation sites (tertiary alicyclic amines) is 1. The van der Waals surface area contributed by atoms with Gasteiger partial charge < -0.3 is 14.5 Å². The van der Waals surface area contributed by atoms with Gasteiger partial charge in [0.1, 0.15) is 5.75 Å². The van der Waals surface area contributed by atoms with Crippen LogP contribution < -0.4 is 9.64 Å². The molecule has 0 saturated carbocycles. The number of piperidine rings is 1. The van der Waals surface area contributed by atoms with Crippen molar-refractivity contribution in [2.24, 2.45) is 0 Å². The molecule has 2 aliphatic rings. The monoisotopic (exact) mass is 427 g/mol. The first-order chi connectivity index (χ1) is 14.7. The minimum Gasteiger partial charge on any atom is -0.495 e. The number of ether oxygens (including phenoxy) is 1. The summed E-state index contributed by atoms with van der Waals surface area (Å²) in [5, 5.41) is 2.11. The first kappa shape index (κ1) is 21.2. The fraction of sp³-hybridized carbons (Fsp3) is 0.542. The standard InChI is InChI=1S/C24H33N3O2S/c1-29-23-11-3-2-10-22(23)26-16-14-25(15-17-26)20-7-5-13-27(19-20)24(28)12-4-8-21-9-6-18-30-21/h2-3,6,9-11,18,20H,4-5,7-8,12-17,19H2,1H3/t20-/m1/s1. The number of amides is 1. The number of rotatable bonds is 7. The number of aryl methyl sites for hydroxylation is 1. The number of piperazine rings is 1. The highest BCUT2D eigenvalue weighted by molar-refractivity contribution is 7.09. The van der Waals surface area contributed by atoms with Crippen molar-refractivity contribution in [2.75, 3.05) is 51.3 Å². The van der Waals surface area contributed by atoms with Crippen LogP contribution in [0.1, 0.15) is 30.6 Å². The van der Waals surface area contributed by atoms with E-state index >= 15 is 0 Å². The second-order valence-corrected chi connectivity index (χ2v) is 9.30. The van der Waals surface area contributed by atoms with Crippen LogP contribution in [-0.4, -0.2) is 68.1 Å². The van der Waals surface area contributed by atoms with E-state index in [0.29, 0.717) is 18.4 Å². The van der Waals surface area contributed by atoms with E-state index in [1.807, 2.05) is 12.1 Å². The van der Waals surface area contributed by atoms with Crippen LogP contribution >= 0.6 is 11.3 Å². The van der Waals surface area contributed by atoms with E-state index in [9.17, 15) is 4.79 Å². The molecule has 1 atom stereocenters. The molecular weight excluding hydrogens is 394 g/mol. The fourth-order valence-electron chi connectivity index (χ4n) is 4.73. The van der Waals surface area contributed by atoms with Crippen molar-refractivity contribution in [1.82, 2.24) is 9.80 Å². The van der Waals surface area contributed by atoms with Crippen LogP contribution in [0.2, 0.25) is 0 Å². The molecule has 0 N–H and O–H groups in total. The van der Waals surface area contributed by atoms with Gasteiger partial charge in [-0.1, -0.05) is 18.2 Å². The molecule has 5 nitrogen and oxygen atoms in total. The second kappa shape index (κ2) is 10.3. The Morgan fingerprint density at radius 3 is 2.70 bits per heavy atom. The lowest BCUT2D eigenvalue weighted by Crippen LogP contribution is -2.55. The maximum absolute atomic E-state index is 12.8. The molecule has 6 heteroatoms. The molecule has 30 heavy (non-hydrogen) atoms. The van der Waals surface area contributed by atoms with E-state index in [0.717, 1.165) is 64.3 Å². The zero-order valence-electron chi connectivity index (χ0n) is 18.0. The normalized spacial score (nSPS) is 20.4. The predicted octanol–water partition coefficient (Wildman–Crippen LogP) is 3.89. The summed E-state index contributed by atoms with van der Waals surface area (Å²) in [5.74, 6) is 1.28. The van der Waals surface area contributed by atoms with Gasteiger partial charge in [-0.05, 0) is 49.3 Å². The SMILES string of the molecule is COc1ccccc1N1CCN([C@@H]2CCCN(C(=O)CCCc3cccs3)C2)CC1. The Hall–Kier alpha value is -2.05. The number of nitrogens with zero attached hydrogens (tertiary/aromatic N) is 3. The highest BCUT2D eigenvalue weighted by atomic mass is 32.1. The average molecular weight is 428 g/mol. The summed E-state index contributed by atoms with van der Waals surface area (Å²) in [4.78, 5) is 21.3. The second-order valence-electron chi connectivity index (χ2n) is 8.26. The van der Waals surface area contributed by atoms with Crippen LogP contribution in [0.3, 0.4) is 0 Å². The van der Waals surface area contributed by atoms with Gasteiger partial charge in [0.05, 0.1) is 12.8 Å². The van der Waals surface area contributed by atoms with Crippen molar-refractivity contribution in [2.45, 2.75) is 38.1 Å². The van der Waals surface area contributed by atoms with Crippen molar-refractivity contribution in [3.8, 4) is 5.75 Å². The van der Waals surface area contributed by atoms with Crippen LogP contribution in [0.4, 0.5) is 5.69 Å². The Morgan fingerprint density at radius 1 is 1.10 bits per heavy atom. The molecular formula is C24H33N3O2S. The minimum absolute atomic E-state index is 0.337. The molecule has 4 rings (SSSR count). The van der Waals surface area contributed by atoms with E-state index in [2.05, 4.69) is 44.3 Å². The summed E-state index contributed by atoms with van der Waals surface area (Å²) in [6.07, 6.45) is 4.97. The molecule has 0 radical (unpaired) electrons. The summed E-state index contributed by atoms with van der Waals surface area (Å²) in [7, 11) is 1.74. The Morgan fingerprint density at radius 2 is 1.93 bits per heavy atom. The molecule has 1 amide bonds. The van der Waals surface area contributed by atoms with Crippen LogP contribution in [0.5, 0.6) is 5.75 Å². The van der Waals surface area contributed by atoms with Gasteiger partial charge in [-0.3, -0.25) is 9.69 Å². The molecule has 2 aromatic rings. The first-order valence-electron chi connectivity index (χ1n) is 11.2. The average Bonchev–Trinajstić information content (AvgIpc) is 3.33. The van der Waals surface area contributed by atoms with E-state index in [4.69, 9.17) is 4.74 Å². The van der Waals surface area contributed by atoms with Crippen molar-refractivity contribution >= 4 is 22.9 Å². The summed E-state index contributed by atoms with van der Waals surface area (Å²) >= 11 is 1.79. The topological polar surface area (TPSA) is 36.0 Å². The zero-order chi connectivity index (χ0) is 20.8. The maximum Gasteiger partial charge on any atom is 0.222 e. The number of methoxy groups -OCH3 is 1. The largest absolute Gasteiger partial charge is 0.495 e. The van der Waals surface area contributed by atoms with E-state index in [1.54, 1.807) is 18.4 Å². The smallest absolute Gasteiger partial charge is 0.222 e. The van der Waals surface area contributed by atoms with Gasteiger partial charge in [0, 0.05) is 56.6 Å². The van der Waals surface area contributed by atoms with Gasteiger partial charge in [-0.15, -0.1) is 11.3 Å². The Kier molecular flexibility index (Phi) is 7.28. The van der Waals surface area contributed by atoms with Gasteiger partial charge >= 0.3 is 0 Å². The molecule has 0 bridgehead atoms. The quantitative estimate of drug-likeness (QED) is 0.672. The number of hydrogen-bond acceptors (Lipinski definition) is 5. The van der Waals surface area contributed by atoms with Crippen LogP contribution in [-0.2, 0) is 11.2 Å². The van der Waals surface area contributed by atoms with Gasteiger partial charge in [0.15, 0.2) is 0 Å². The lowest BCUT2D eigenvalue weighted by Gasteiger charge is -2.44. The Labute approximate surface area is 184 Å². The zero-order valence-corrected chi connectivity index (χ0v) is 18.8. The lowest BCUT2D eigenvalue weighted by molar-refractivity contribution is -0.133. The van der Waals surface area contributed by atoms with Crippen molar-refractivity contribution in [1.29, 1.82) is 0 Å². The minimum atomic E-state index is 0.337. The molecule has 0 spiro atoms. The van der Waals surface area contributed by atoms with Crippen molar-refractivity contribution in [3.05, 3.63) is 46.7 Å². The van der Waals surface area contributed by atoms with Gasteiger partial charge in [0.2, 0.25) is 5.91 Å². The highest BCUT2D eigenvalue weighted by Crippen LogP contribution is 2.29. The third kappa shape index (κ3) is 5.16. The maximum atomic E-state index is 12.8. The number of anilines is 1. The van der Waals surface area contributed by atoms with Crippen LogP contribution in [0.15, 0.2) is 41.8 Å². The van der Waals surface area contributed by atoms with Crippen molar-refractivity contribution < 1.29 is 9.53 Å². The highest BCUT2D eigenvalue weighted by Gasteiger charge is 2.30. The third-order valence-corrected chi connectivity index (χ3v) is 7.34. The van der Waals surface area contributed by atoms with Crippen LogP contribution in [0.25, 0.3) is 0 Å². The van der Waals surface area contributed by atoms with Crippen LogP contribution in [0, 0.1) is 0 Å². The van der Waals surface area contributed by atoms with Gasteiger partial charge in [-0.25, -0.2) is 0 Å². The number of carbonyl (C=O) groups is 1. The summed E-state index contributed by atoms with van der Waals surface area (Å²) in [5.41, 5.74) is 1.19. The summed E-state index contributed by atoms with van der Waals surface area (Å²) in [6, 6.07) is 13.0. The molecule has 1 aromatic carbocycles. The van der Waals surface area contributed by atoms with Gasteiger partial charge in [0.25, 0.3) is 0 Å². The molecule has 2 fully saturated rings. The molecule has 2 saturated heterocycles. The Bertz CT molecular complexity index is 803. The number of hydrogen-bond donors (Lipinski definition) is 0. The number of benzene rings is 1. The third-order valence-electron chi connectivity index (χ3n) is 6.40. The molecule has 2 aliphatic heterocycles. The number of thiophene rings is 1. The fourth-order valence-corrected chi connectivity index (χ4v) is 5.48. The predicted molar refractivity (Wildman–Crippen MR) is 124 cm³/mol. The molecule has 1 aromatic heterocycles. The lowest BCUT2D eigenvalue weighted by atomic mass is 10.0. The molecule has 0 aliphatic carbocycles. The molecule has 162 valence electrons. The molecule has 3 heterocycles. The van der Waals surface area contributed by atoms with Gasteiger partial charge in [-0.2, -0.15) is 0 Å². The van der Waals surface area contributed by atoms with E-state index in [1.165, 1.54) is 17.0 Å².